The third kappa shape index (κ3) is 5.73. The molecule has 0 amide bonds. The van der Waals surface area contributed by atoms with E-state index in [1.807, 2.05) is 45.9 Å². The van der Waals surface area contributed by atoms with E-state index in [0.717, 1.165) is 0 Å². The molecule has 7 heteroatoms. The molecule has 0 fully saturated rings. The molecule has 4 nitrogen and oxygen atoms in total. The van der Waals surface area contributed by atoms with Crippen LogP contribution in [-0.2, 0) is 9.31 Å². The van der Waals surface area contributed by atoms with Crippen LogP contribution in [-0.4, -0.2) is 47.6 Å². The highest BCUT2D eigenvalue weighted by Crippen LogP contribution is 2.25. The zero-order chi connectivity index (χ0) is 19.7. The Balaban J connectivity index is 2.87. The van der Waals surface area contributed by atoms with Crippen LogP contribution in [0.5, 0.6) is 0 Å². The second-order valence-electron chi connectivity index (χ2n) is 8.36. The monoisotopic (exact) mass is 366 g/mol. The van der Waals surface area contributed by atoms with E-state index in [1.165, 1.54) is 0 Å². The molecule has 25 heavy (non-hydrogen) atoms. The summed E-state index contributed by atoms with van der Waals surface area (Å²) in [6.45, 7) is 14.0. The summed E-state index contributed by atoms with van der Waals surface area (Å²) >= 11 is 6.45. The summed E-state index contributed by atoms with van der Waals surface area (Å²) in [7, 11) is 3.08. The quantitative estimate of drug-likeness (QED) is 0.691. The molecule has 0 aliphatic carbocycles. The second-order valence-corrected chi connectivity index (χ2v) is 8.74. The van der Waals surface area contributed by atoms with Gasteiger partial charge in [-0.15, -0.1) is 0 Å². The average molecular weight is 367 g/mol. The van der Waals surface area contributed by atoms with Gasteiger partial charge in [-0.25, -0.2) is 0 Å². The summed E-state index contributed by atoms with van der Waals surface area (Å²) in [5.74, 6) is 0. The molecule has 0 aliphatic rings. The predicted octanol–water partition coefficient (Wildman–Crippen LogP) is 1.96. The van der Waals surface area contributed by atoms with Crippen LogP contribution in [0.4, 0.5) is 0 Å². The first-order valence-electron chi connectivity index (χ1n) is 8.34. The van der Waals surface area contributed by atoms with Crippen molar-refractivity contribution >= 4 is 37.5 Å². The van der Waals surface area contributed by atoms with Crippen LogP contribution in [0.1, 0.15) is 55.4 Å². The highest BCUT2D eigenvalue weighted by molar-refractivity contribution is 6.60. The Labute approximate surface area is 158 Å². The molecule has 138 valence electrons. The van der Waals surface area contributed by atoms with E-state index >= 15 is 0 Å². The molecule has 0 saturated carbocycles. The lowest BCUT2D eigenvalue weighted by molar-refractivity contribution is -0.0893. The second kappa shape index (κ2) is 7.61. The molecule has 0 heterocycles. The Morgan fingerprint density at radius 2 is 1.08 bits per heavy atom. The van der Waals surface area contributed by atoms with Gasteiger partial charge in [-0.3, -0.25) is 0 Å². The van der Waals surface area contributed by atoms with E-state index in [9.17, 15) is 10.2 Å². The molecular weight excluding hydrogens is 337 g/mol. The van der Waals surface area contributed by atoms with Gasteiger partial charge in [-0.2, -0.15) is 0 Å². The SMILES string of the molecule is CC(C)(O)C(C)(C)O[B]c1cccc([B]OC(C)(C)C(C)(C)O)c1Cl. The van der Waals surface area contributed by atoms with Gasteiger partial charge in [-0.05, 0) is 66.3 Å². The first kappa shape index (κ1) is 22.5. The summed E-state index contributed by atoms with van der Waals surface area (Å²) in [4.78, 5) is 0. The van der Waals surface area contributed by atoms with Crippen LogP contribution in [0.25, 0.3) is 0 Å². The Morgan fingerprint density at radius 3 is 1.36 bits per heavy atom. The summed E-state index contributed by atoms with van der Waals surface area (Å²) in [6, 6.07) is 5.48. The normalized spacial score (nSPS) is 13.7. The maximum Gasteiger partial charge on any atom is 0.332 e. The Morgan fingerprint density at radius 1 is 0.760 bits per heavy atom. The van der Waals surface area contributed by atoms with E-state index in [0.29, 0.717) is 15.9 Å². The Bertz CT molecular complexity index is 541. The third-order valence-electron chi connectivity index (χ3n) is 4.97. The molecule has 0 aliphatic heterocycles. The molecule has 0 aromatic heterocycles. The first-order valence-corrected chi connectivity index (χ1v) is 8.72. The van der Waals surface area contributed by atoms with Crippen molar-refractivity contribution in [3.05, 3.63) is 23.2 Å². The molecule has 2 N–H and O–H groups in total. The third-order valence-corrected chi connectivity index (χ3v) is 5.40. The topological polar surface area (TPSA) is 58.9 Å². The highest BCUT2D eigenvalue weighted by Gasteiger charge is 2.37. The number of rotatable bonds is 8. The van der Waals surface area contributed by atoms with Gasteiger partial charge in [0, 0.05) is 5.02 Å². The van der Waals surface area contributed by atoms with Crippen molar-refractivity contribution in [2.75, 3.05) is 0 Å². The number of hydrogen-bond donors (Lipinski definition) is 2. The average Bonchev–Trinajstić information content (AvgIpc) is 2.42. The minimum atomic E-state index is -1.01. The Hall–Kier alpha value is -0.520. The molecular formula is C18H29B2ClO4. The van der Waals surface area contributed by atoms with E-state index in [4.69, 9.17) is 20.9 Å². The van der Waals surface area contributed by atoms with Crippen LogP contribution in [0.3, 0.4) is 0 Å². The van der Waals surface area contributed by atoms with Crippen LogP contribution in [0.2, 0.25) is 5.02 Å². The van der Waals surface area contributed by atoms with Crippen LogP contribution in [0.15, 0.2) is 18.2 Å². The molecule has 0 atom stereocenters. The van der Waals surface area contributed by atoms with Crippen LogP contribution < -0.4 is 10.9 Å². The minimum absolute atomic E-state index is 0.473. The van der Waals surface area contributed by atoms with Crippen LogP contribution >= 0.6 is 11.6 Å². The van der Waals surface area contributed by atoms with Gasteiger partial charge in [-0.1, -0.05) is 29.8 Å². The maximum atomic E-state index is 10.2. The lowest BCUT2D eigenvalue weighted by atomic mass is 9.77. The number of halogens is 1. The van der Waals surface area contributed by atoms with Crippen molar-refractivity contribution in [1.29, 1.82) is 0 Å². The standard InChI is InChI=1S/C18H29B2ClO4/c1-15(2,22)17(5,6)24-19-12-10-9-11-13(14(12)21)20-25-18(7,8)16(3,4)23/h9-11,22-23H,1-8H3. The fourth-order valence-corrected chi connectivity index (χ4v) is 1.68. The summed E-state index contributed by atoms with van der Waals surface area (Å²) in [5.41, 5.74) is -2.24. The largest absolute Gasteiger partial charge is 0.427 e. The van der Waals surface area contributed by atoms with Crippen molar-refractivity contribution in [2.24, 2.45) is 0 Å². The molecule has 1 aromatic carbocycles. The first-order chi connectivity index (χ1) is 11.1. The fourth-order valence-electron chi connectivity index (χ4n) is 1.46. The van der Waals surface area contributed by atoms with E-state index in [-0.39, 0.29) is 0 Å². The minimum Gasteiger partial charge on any atom is -0.427 e. The zero-order valence-corrected chi connectivity index (χ0v) is 17.2. The number of aliphatic hydroxyl groups is 2. The van der Waals surface area contributed by atoms with E-state index < -0.39 is 22.4 Å². The summed E-state index contributed by atoms with van der Waals surface area (Å²) < 4.78 is 11.5. The van der Waals surface area contributed by atoms with E-state index in [1.54, 1.807) is 42.7 Å². The van der Waals surface area contributed by atoms with Crippen molar-refractivity contribution in [1.82, 2.24) is 0 Å². The maximum absolute atomic E-state index is 10.2. The van der Waals surface area contributed by atoms with Gasteiger partial charge in [0.2, 0.25) is 0 Å². The van der Waals surface area contributed by atoms with Gasteiger partial charge in [0.15, 0.2) is 0 Å². The van der Waals surface area contributed by atoms with Gasteiger partial charge in [0.25, 0.3) is 0 Å². The Kier molecular flexibility index (Phi) is 6.86. The number of benzene rings is 1. The lowest BCUT2D eigenvalue weighted by Crippen LogP contribution is -2.50. The van der Waals surface area contributed by atoms with Crippen molar-refractivity contribution in [3.8, 4) is 0 Å². The molecule has 0 spiro atoms. The van der Waals surface area contributed by atoms with E-state index in [2.05, 4.69) is 0 Å². The summed E-state index contributed by atoms with van der Waals surface area (Å²) in [5, 5.41) is 20.8. The molecule has 2 radical (unpaired) electrons. The van der Waals surface area contributed by atoms with Crippen molar-refractivity contribution in [3.63, 3.8) is 0 Å². The number of hydrogen-bond acceptors (Lipinski definition) is 4. The smallest absolute Gasteiger partial charge is 0.332 e. The van der Waals surface area contributed by atoms with Crippen molar-refractivity contribution in [2.45, 2.75) is 77.8 Å². The molecule has 0 unspecified atom stereocenters. The molecule has 0 bridgehead atoms. The fraction of sp³-hybridized carbons (Fsp3) is 0.667. The molecule has 1 aromatic rings. The van der Waals surface area contributed by atoms with Gasteiger partial charge < -0.3 is 19.5 Å². The molecule has 1 rings (SSSR count). The highest BCUT2D eigenvalue weighted by atomic mass is 35.5. The van der Waals surface area contributed by atoms with Gasteiger partial charge in [0.05, 0.1) is 22.4 Å². The van der Waals surface area contributed by atoms with Gasteiger partial charge >= 0.3 is 15.0 Å². The zero-order valence-electron chi connectivity index (χ0n) is 16.5. The summed E-state index contributed by atoms with van der Waals surface area (Å²) in [6.07, 6.45) is 0. The predicted molar refractivity (Wildman–Crippen MR) is 105 cm³/mol. The van der Waals surface area contributed by atoms with Gasteiger partial charge in [0.1, 0.15) is 0 Å². The lowest BCUT2D eigenvalue weighted by Gasteiger charge is -2.38. The molecule has 0 saturated heterocycles. The van der Waals surface area contributed by atoms with Crippen LogP contribution in [0, 0.1) is 0 Å². The van der Waals surface area contributed by atoms with Crippen molar-refractivity contribution < 1.29 is 19.5 Å².